The quantitative estimate of drug-likeness (QED) is 0.399. The molecule has 0 aliphatic rings. The second-order valence-electron chi connectivity index (χ2n) is 8.57. The van der Waals surface area contributed by atoms with Crippen LogP contribution in [0.5, 0.6) is 5.75 Å². The van der Waals surface area contributed by atoms with Gasteiger partial charge in [0.05, 0.1) is 12.7 Å². The number of rotatable bonds is 7. The van der Waals surface area contributed by atoms with Crippen molar-refractivity contribution in [3.05, 3.63) is 87.4 Å². The van der Waals surface area contributed by atoms with E-state index >= 15 is 0 Å². The second kappa shape index (κ2) is 8.91. The van der Waals surface area contributed by atoms with Crippen LogP contribution in [0, 0.1) is 13.8 Å². The molecule has 0 fully saturated rings. The normalized spacial score (nSPS) is 11.4. The molecule has 0 N–H and O–H groups in total. The number of methoxy groups -OCH3 is 1. The summed E-state index contributed by atoms with van der Waals surface area (Å²) in [5.41, 5.74) is 5.55. The van der Waals surface area contributed by atoms with Gasteiger partial charge in [-0.25, -0.2) is 0 Å². The van der Waals surface area contributed by atoms with Crippen LogP contribution in [-0.4, -0.2) is 12.9 Å². The van der Waals surface area contributed by atoms with E-state index < -0.39 is 0 Å². The van der Waals surface area contributed by atoms with Crippen LogP contribution in [0.15, 0.2) is 46.9 Å². The van der Waals surface area contributed by atoms with Crippen LogP contribution in [0.25, 0.3) is 0 Å². The van der Waals surface area contributed by atoms with Crippen molar-refractivity contribution < 1.29 is 13.9 Å². The molecule has 1 heterocycles. The van der Waals surface area contributed by atoms with E-state index in [2.05, 4.69) is 39.8 Å². The van der Waals surface area contributed by atoms with E-state index in [1.54, 1.807) is 7.11 Å². The van der Waals surface area contributed by atoms with Crippen molar-refractivity contribution in [2.45, 2.75) is 59.8 Å². The molecule has 0 amide bonds. The van der Waals surface area contributed by atoms with Gasteiger partial charge < -0.3 is 9.15 Å². The molecule has 158 valence electrons. The maximum atomic E-state index is 13.7. The molecule has 2 aromatic carbocycles. The van der Waals surface area contributed by atoms with Crippen molar-refractivity contribution >= 4 is 5.78 Å². The monoisotopic (exact) mass is 404 g/mol. The summed E-state index contributed by atoms with van der Waals surface area (Å²) in [4.78, 5) is 13.7. The molecule has 3 rings (SSSR count). The summed E-state index contributed by atoms with van der Waals surface area (Å²) in [6.07, 6.45) is 0.598. The summed E-state index contributed by atoms with van der Waals surface area (Å²) >= 11 is 0. The number of ketones is 1. The molecule has 0 atom stereocenters. The Balaban J connectivity index is 2.13. The van der Waals surface area contributed by atoms with Gasteiger partial charge in [0.25, 0.3) is 0 Å². The lowest BCUT2D eigenvalue weighted by atomic mass is 9.88. The van der Waals surface area contributed by atoms with Crippen LogP contribution in [0.3, 0.4) is 0 Å². The third kappa shape index (κ3) is 4.21. The molecule has 0 saturated carbocycles. The fourth-order valence-electron chi connectivity index (χ4n) is 3.94. The number of hydrogen-bond donors (Lipinski definition) is 0. The first kappa shape index (κ1) is 21.9. The van der Waals surface area contributed by atoms with E-state index in [9.17, 15) is 4.79 Å². The molecule has 3 aromatic rings. The molecule has 3 heteroatoms. The zero-order valence-electron chi connectivity index (χ0n) is 19.1. The Bertz CT molecular complexity index is 1010. The lowest BCUT2D eigenvalue weighted by Crippen LogP contribution is -2.10. The number of hydrogen-bond acceptors (Lipinski definition) is 3. The van der Waals surface area contributed by atoms with Crippen molar-refractivity contribution in [2.24, 2.45) is 0 Å². The fourth-order valence-corrected chi connectivity index (χ4v) is 3.94. The van der Waals surface area contributed by atoms with E-state index in [0.29, 0.717) is 17.5 Å². The van der Waals surface area contributed by atoms with Crippen LogP contribution in [0.4, 0.5) is 0 Å². The predicted octanol–water partition coefficient (Wildman–Crippen LogP) is 6.97. The van der Waals surface area contributed by atoms with Crippen molar-refractivity contribution in [3.8, 4) is 5.75 Å². The third-order valence-corrected chi connectivity index (χ3v) is 5.75. The molecule has 0 aliphatic heterocycles. The fraction of sp³-hybridized carbons (Fsp3) is 0.370. The van der Waals surface area contributed by atoms with Crippen LogP contribution < -0.4 is 4.74 Å². The van der Waals surface area contributed by atoms with Crippen molar-refractivity contribution in [3.63, 3.8) is 0 Å². The minimum Gasteiger partial charge on any atom is -0.496 e. The summed E-state index contributed by atoms with van der Waals surface area (Å²) in [6, 6.07) is 14.1. The number of benzene rings is 2. The van der Waals surface area contributed by atoms with Gasteiger partial charge in [-0.05, 0) is 54.5 Å². The minimum atomic E-state index is 0.0155. The van der Waals surface area contributed by atoms with Crippen molar-refractivity contribution in [1.29, 1.82) is 0 Å². The highest BCUT2D eigenvalue weighted by Gasteiger charge is 2.25. The Hall–Kier alpha value is -2.81. The smallest absolute Gasteiger partial charge is 0.196 e. The van der Waals surface area contributed by atoms with E-state index in [-0.39, 0.29) is 17.6 Å². The van der Waals surface area contributed by atoms with Crippen LogP contribution in [0.2, 0.25) is 0 Å². The van der Waals surface area contributed by atoms with Crippen molar-refractivity contribution in [2.75, 3.05) is 7.11 Å². The van der Waals surface area contributed by atoms with Gasteiger partial charge in [0.1, 0.15) is 17.3 Å². The molecular formula is C27H32O3. The Kier molecular flexibility index (Phi) is 6.50. The number of furan rings is 1. The molecule has 0 bridgehead atoms. The summed E-state index contributed by atoms with van der Waals surface area (Å²) in [5, 5.41) is 0. The van der Waals surface area contributed by atoms with Gasteiger partial charge in [0.15, 0.2) is 5.78 Å². The van der Waals surface area contributed by atoms with Gasteiger partial charge in [-0.3, -0.25) is 4.79 Å². The minimum absolute atomic E-state index is 0.0155. The lowest BCUT2D eigenvalue weighted by Gasteiger charge is -2.20. The average Bonchev–Trinajstić information content (AvgIpc) is 3.00. The maximum absolute atomic E-state index is 13.7. The Labute approximate surface area is 180 Å². The highest BCUT2D eigenvalue weighted by Crippen LogP contribution is 2.37. The van der Waals surface area contributed by atoms with Gasteiger partial charge in [-0.1, -0.05) is 58.0 Å². The van der Waals surface area contributed by atoms with Gasteiger partial charge >= 0.3 is 0 Å². The standard InChI is InChI=1S/C27H32O3/c1-16(2)22-14-21(15-23(17(3)4)27(22)29-7)26(28)25-18(5)19(6)30-24(25)13-20-11-9-8-10-12-20/h8-12,14-17H,13H2,1-7H3. The first-order valence-electron chi connectivity index (χ1n) is 10.6. The van der Waals surface area contributed by atoms with E-state index in [0.717, 1.165) is 39.5 Å². The Morgan fingerprint density at radius 1 is 0.967 bits per heavy atom. The van der Waals surface area contributed by atoms with Crippen molar-refractivity contribution in [1.82, 2.24) is 0 Å². The largest absolute Gasteiger partial charge is 0.496 e. The van der Waals surface area contributed by atoms with Crippen LogP contribution in [0.1, 0.15) is 89.2 Å². The molecule has 0 spiro atoms. The molecule has 0 saturated heterocycles. The first-order valence-corrected chi connectivity index (χ1v) is 10.6. The summed E-state index contributed by atoms with van der Waals surface area (Å²) in [5.74, 6) is 2.94. The molecule has 0 radical (unpaired) electrons. The number of ether oxygens (including phenoxy) is 1. The topological polar surface area (TPSA) is 39.4 Å². The zero-order valence-corrected chi connectivity index (χ0v) is 19.1. The van der Waals surface area contributed by atoms with E-state index in [1.807, 2.05) is 44.2 Å². The maximum Gasteiger partial charge on any atom is 0.196 e. The summed E-state index contributed by atoms with van der Waals surface area (Å²) in [7, 11) is 1.70. The first-order chi connectivity index (χ1) is 14.2. The van der Waals surface area contributed by atoms with Gasteiger partial charge in [0.2, 0.25) is 0 Å². The Morgan fingerprint density at radius 3 is 2.03 bits per heavy atom. The SMILES string of the molecule is COc1c(C(C)C)cc(C(=O)c2c(Cc3ccccc3)oc(C)c2C)cc1C(C)C. The number of aryl methyl sites for hydroxylation is 1. The zero-order chi connectivity index (χ0) is 22.0. The molecule has 0 aliphatic carbocycles. The van der Waals surface area contributed by atoms with Gasteiger partial charge in [-0.15, -0.1) is 0 Å². The van der Waals surface area contributed by atoms with E-state index in [1.165, 1.54) is 0 Å². The number of carbonyl (C=O) groups excluding carboxylic acids is 1. The number of carbonyl (C=O) groups is 1. The van der Waals surface area contributed by atoms with E-state index in [4.69, 9.17) is 9.15 Å². The molecule has 0 unspecified atom stereocenters. The average molecular weight is 405 g/mol. The summed E-state index contributed by atoms with van der Waals surface area (Å²) in [6.45, 7) is 12.4. The van der Waals surface area contributed by atoms with Gasteiger partial charge in [-0.2, -0.15) is 0 Å². The summed E-state index contributed by atoms with van der Waals surface area (Å²) < 4.78 is 11.8. The highest BCUT2D eigenvalue weighted by molar-refractivity contribution is 6.11. The van der Waals surface area contributed by atoms with Crippen LogP contribution in [-0.2, 0) is 6.42 Å². The third-order valence-electron chi connectivity index (χ3n) is 5.75. The molecule has 3 nitrogen and oxygen atoms in total. The molecule has 1 aromatic heterocycles. The predicted molar refractivity (Wildman–Crippen MR) is 122 cm³/mol. The highest BCUT2D eigenvalue weighted by atomic mass is 16.5. The van der Waals surface area contributed by atoms with Gasteiger partial charge in [0, 0.05) is 17.5 Å². The second-order valence-corrected chi connectivity index (χ2v) is 8.57. The Morgan fingerprint density at radius 2 is 1.53 bits per heavy atom. The lowest BCUT2D eigenvalue weighted by molar-refractivity contribution is 0.103. The molecular weight excluding hydrogens is 372 g/mol. The molecule has 30 heavy (non-hydrogen) atoms. The van der Waals surface area contributed by atoms with Crippen LogP contribution >= 0.6 is 0 Å².